The highest BCUT2D eigenvalue weighted by Gasteiger charge is 2.32. The number of nitrogens with one attached hydrogen (secondary N) is 1. The first-order chi connectivity index (χ1) is 17.0. The maximum atomic E-state index is 13.3. The van der Waals surface area contributed by atoms with Crippen LogP contribution in [-0.4, -0.2) is 57.4 Å². The summed E-state index contributed by atoms with van der Waals surface area (Å²) in [7, 11) is 2.69. The van der Waals surface area contributed by atoms with Crippen LogP contribution in [0.4, 0.5) is 5.69 Å². The Kier molecular flexibility index (Phi) is 7.99. The van der Waals surface area contributed by atoms with Gasteiger partial charge in [-0.15, -0.1) is 0 Å². The third kappa shape index (κ3) is 6.06. The topological polar surface area (TPSA) is 73.6 Å². The standard InChI is InChI=1S/C28H39N5O2S/c1-20(2)16-27-28(21(3)32(6)29-27)30-36(34,35)26-12-10-23(11-13-26)24-9-7-8-22(17-24)18-33-15-14-25(19-33)31(4)5/h7-13,17,20,25H,14-16,18-19H2,1-6H3,(H-,30,34,35)/p+1. The molecule has 2 aromatic carbocycles. The number of nitrogens with zero attached hydrogens (tertiary/aromatic N) is 4. The van der Waals surface area contributed by atoms with Crippen molar-refractivity contribution in [2.45, 2.75) is 51.1 Å². The van der Waals surface area contributed by atoms with Crippen LogP contribution >= 0.6 is 0 Å². The van der Waals surface area contributed by atoms with Crippen LogP contribution in [0.3, 0.4) is 0 Å². The fraction of sp³-hybridized carbons (Fsp3) is 0.464. The molecule has 1 aliphatic heterocycles. The van der Waals surface area contributed by atoms with Crippen LogP contribution in [0.2, 0.25) is 0 Å². The summed E-state index contributed by atoms with van der Waals surface area (Å²) in [5.41, 5.74) is 5.73. The molecule has 0 aliphatic carbocycles. The average molecular weight is 511 g/mol. The zero-order valence-electron chi connectivity index (χ0n) is 22.4. The number of hydrogen-bond donors (Lipinski definition) is 2. The molecule has 2 heterocycles. The fourth-order valence-corrected chi connectivity index (χ4v) is 6.02. The van der Waals surface area contributed by atoms with Crippen LogP contribution in [-0.2, 0) is 34.6 Å². The van der Waals surface area contributed by atoms with E-state index in [1.54, 1.807) is 16.8 Å². The lowest BCUT2D eigenvalue weighted by molar-refractivity contribution is 0.264. The van der Waals surface area contributed by atoms with Gasteiger partial charge in [-0.25, -0.2) is 0 Å². The number of aromatic nitrogens is 2. The third-order valence-corrected chi connectivity index (χ3v) is 8.46. The van der Waals surface area contributed by atoms with Gasteiger partial charge < -0.3 is 4.90 Å². The summed E-state index contributed by atoms with van der Waals surface area (Å²) in [5.74, 6) is 0.393. The zero-order valence-corrected chi connectivity index (χ0v) is 23.2. The second kappa shape index (κ2) is 10.8. The van der Waals surface area contributed by atoms with Gasteiger partial charge in [0.2, 0.25) is 4.90 Å². The quantitative estimate of drug-likeness (QED) is 0.393. The molecule has 1 saturated heterocycles. The van der Waals surface area contributed by atoms with E-state index in [2.05, 4.69) is 71.8 Å². The Morgan fingerprint density at radius 3 is 2.53 bits per heavy atom. The summed E-state index contributed by atoms with van der Waals surface area (Å²) >= 11 is 0. The monoisotopic (exact) mass is 510 g/mol. The van der Waals surface area contributed by atoms with Crippen molar-refractivity contribution < 1.29 is 8.76 Å². The first-order valence-corrected chi connectivity index (χ1v) is 14.2. The number of hydrogen-bond acceptors (Lipinski definition) is 4. The normalized spacial score (nSPS) is 18.2. The van der Waals surface area contributed by atoms with Crippen molar-refractivity contribution in [2.24, 2.45) is 13.0 Å². The van der Waals surface area contributed by atoms with E-state index in [1.807, 2.05) is 26.1 Å². The van der Waals surface area contributed by atoms with Crippen LogP contribution in [0.1, 0.15) is 37.2 Å². The Hall–Kier alpha value is -2.52. The molecule has 0 amide bonds. The Balaban J connectivity index is 1.49. The smallest absolute Gasteiger partial charge is 0.305 e. The molecule has 2 atom stereocenters. The van der Waals surface area contributed by atoms with Crippen LogP contribution in [0.15, 0.2) is 53.4 Å². The van der Waals surface area contributed by atoms with E-state index < -0.39 is 10.4 Å². The highest BCUT2D eigenvalue weighted by atomic mass is 32.3. The summed E-state index contributed by atoms with van der Waals surface area (Å²) in [6, 6.07) is 16.6. The second-order valence-corrected chi connectivity index (χ2v) is 12.3. The Labute approximate surface area is 216 Å². The molecule has 194 valence electrons. The Bertz CT molecular complexity index is 1240. The molecule has 2 unspecified atom stereocenters. The molecule has 3 aromatic rings. The zero-order chi connectivity index (χ0) is 26.0. The highest BCUT2D eigenvalue weighted by molar-refractivity contribution is 7.99. The average Bonchev–Trinajstić information content (AvgIpc) is 3.39. The molecule has 36 heavy (non-hydrogen) atoms. The largest absolute Gasteiger partial charge is 0.346 e. The Morgan fingerprint density at radius 1 is 1.17 bits per heavy atom. The lowest BCUT2D eigenvalue weighted by Crippen LogP contribution is -2.31. The van der Waals surface area contributed by atoms with Crippen molar-refractivity contribution in [2.75, 3.05) is 31.9 Å². The van der Waals surface area contributed by atoms with Gasteiger partial charge in [-0.3, -0.25) is 9.58 Å². The summed E-state index contributed by atoms with van der Waals surface area (Å²) in [6.45, 7) is 9.29. The molecule has 0 spiro atoms. The SMILES string of the molecule is Cc1c(N[S+](=O)(O)c2ccc(-c3cccc(CN4CCC(N(C)C)C4)c3)cc2)c(CC(C)C)nn1C. The Morgan fingerprint density at radius 2 is 1.89 bits per heavy atom. The molecule has 8 heteroatoms. The molecule has 4 rings (SSSR count). The predicted molar refractivity (Wildman–Crippen MR) is 148 cm³/mol. The molecule has 1 aromatic heterocycles. The van der Waals surface area contributed by atoms with E-state index in [0.29, 0.717) is 22.5 Å². The maximum Gasteiger partial charge on any atom is 0.346 e. The van der Waals surface area contributed by atoms with Gasteiger partial charge in [0, 0.05) is 32.7 Å². The van der Waals surface area contributed by atoms with E-state index in [-0.39, 0.29) is 0 Å². The van der Waals surface area contributed by atoms with Gasteiger partial charge in [0.25, 0.3) is 0 Å². The summed E-state index contributed by atoms with van der Waals surface area (Å²) < 4.78 is 28.9. The molecule has 0 saturated carbocycles. The number of aryl methyl sites for hydroxylation is 1. The van der Waals surface area contributed by atoms with Crippen LogP contribution < -0.4 is 4.72 Å². The first-order valence-electron chi connectivity index (χ1n) is 12.7. The number of rotatable bonds is 9. The van der Waals surface area contributed by atoms with Gasteiger partial charge in [-0.05, 0) is 91.0 Å². The fourth-order valence-electron chi connectivity index (χ4n) is 4.85. The molecular formula is C28H40N5O2S+. The maximum absolute atomic E-state index is 13.3. The summed E-state index contributed by atoms with van der Waals surface area (Å²) in [5, 5.41) is 4.55. The summed E-state index contributed by atoms with van der Waals surface area (Å²) in [4.78, 5) is 5.17. The van der Waals surface area contributed by atoms with Gasteiger partial charge in [-0.2, -0.15) is 14.4 Å². The minimum Gasteiger partial charge on any atom is -0.305 e. The van der Waals surface area contributed by atoms with Crippen molar-refractivity contribution in [1.82, 2.24) is 19.6 Å². The molecular weight excluding hydrogens is 470 g/mol. The van der Waals surface area contributed by atoms with E-state index in [4.69, 9.17) is 0 Å². The number of benzene rings is 2. The molecule has 1 aliphatic rings. The van der Waals surface area contributed by atoms with Crippen molar-refractivity contribution in [3.05, 3.63) is 65.5 Å². The molecule has 0 radical (unpaired) electrons. The summed E-state index contributed by atoms with van der Waals surface area (Å²) in [6.07, 6.45) is 1.95. The van der Waals surface area contributed by atoms with E-state index in [0.717, 1.165) is 48.6 Å². The third-order valence-electron chi connectivity index (χ3n) is 7.07. The first kappa shape index (κ1) is 26.5. The van der Waals surface area contributed by atoms with Gasteiger partial charge in [-0.1, -0.05) is 32.0 Å². The van der Waals surface area contributed by atoms with Crippen molar-refractivity contribution in [3.63, 3.8) is 0 Å². The number of likely N-dealkylation sites (tertiary alicyclic amines) is 1. The number of likely N-dealkylation sites (N-methyl/N-ethyl adjacent to an activating group) is 1. The van der Waals surface area contributed by atoms with Crippen molar-refractivity contribution in [1.29, 1.82) is 0 Å². The molecule has 1 fully saturated rings. The highest BCUT2D eigenvalue weighted by Crippen LogP contribution is 2.29. The molecule has 7 nitrogen and oxygen atoms in total. The minimum atomic E-state index is -3.48. The lowest BCUT2D eigenvalue weighted by Gasteiger charge is -2.20. The minimum absolute atomic E-state index is 0.355. The van der Waals surface area contributed by atoms with Crippen LogP contribution in [0.25, 0.3) is 11.1 Å². The van der Waals surface area contributed by atoms with Gasteiger partial charge in [0.15, 0.2) is 0 Å². The number of anilines is 1. The van der Waals surface area contributed by atoms with Crippen LogP contribution in [0.5, 0.6) is 0 Å². The van der Waals surface area contributed by atoms with Crippen LogP contribution in [0, 0.1) is 12.8 Å². The van der Waals surface area contributed by atoms with Gasteiger partial charge in [0.1, 0.15) is 5.69 Å². The molecule has 0 bridgehead atoms. The lowest BCUT2D eigenvalue weighted by atomic mass is 10.0. The van der Waals surface area contributed by atoms with Gasteiger partial charge >= 0.3 is 10.4 Å². The van der Waals surface area contributed by atoms with Crippen molar-refractivity contribution >= 4 is 16.1 Å². The second-order valence-electron chi connectivity index (χ2n) is 10.6. The van der Waals surface area contributed by atoms with Gasteiger partial charge in [0.05, 0.1) is 11.4 Å². The van der Waals surface area contributed by atoms with E-state index >= 15 is 0 Å². The van der Waals surface area contributed by atoms with Crippen molar-refractivity contribution in [3.8, 4) is 11.1 Å². The van der Waals surface area contributed by atoms with E-state index in [9.17, 15) is 8.76 Å². The van der Waals surface area contributed by atoms with E-state index in [1.165, 1.54) is 12.0 Å². The molecule has 2 N–H and O–H groups in total. The predicted octanol–water partition coefficient (Wildman–Crippen LogP) is 5.09.